The standard InChI is InChI=1S/C16H20N4O2S.ClH/c1-10-19-13(8-23-10)7-17-5-12-6-18-20-16(12)11-2-3-14-15(4-11)22-9-21-14;/h2-4,8,12,16-18,20H,5-7,9H2,1H3;1H. The Labute approximate surface area is 151 Å². The first kappa shape index (κ1) is 17.4. The highest BCUT2D eigenvalue weighted by molar-refractivity contribution is 7.09. The summed E-state index contributed by atoms with van der Waals surface area (Å²) in [5.41, 5.74) is 8.97. The molecule has 2 aromatic rings. The average Bonchev–Trinajstić information content (AvgIpc) is 3.27. The number of halogens is 1. The van der Waals surface area contributed by atoms with Crippen LogP contribution in [-0.2, 0) is 6.54 Å². The van der Waals surface area contributed by atoms with Gasteiger partial charge in [-0.25, -0.2) is 10.4 Å². The van der Waals surface area contributed by atoms with Crippen molar-refractivity contribution in [1.82, 2.24) is 21.2 Å². The van der Waals surface area contributed by atoms with Gasteiger partial charge < -0.3 is 14.8 Å². The Hall–Kier alpha value is -1.38. The first-order valence-electron chi connectivity index (χ1n) is 7.79. The Kier molecular flexibility index (Phi) is 5.57. The van der Waals surface area contributed by atoms with Crippen LogP contribution in [-0.4, -0.2) is 24.9 Å². The minimum absolute atomic E-state index is 0. The fraction of sp³-hybridized carbons (Fsp3) is 0.438. The molecule has 1 aromatic carbocycles. The van der Waals surface area contributed by atoms with Gasteiger partial charge in [-0.2, -0.15) is 0 Å². The van der Waals surface area contributed by atoms with Crippen LogP contribution in [0.25, 0.3) is 0 Å². The Morgan fingerprint density at radius 2 is 2.21 bits per heavy atom. The fourth-order valence-corrected chi connectivity index (χ4v) is 3.68. The lowest BCUT2D eigenvalue weighted by Gasteiger charge is -2.19. The van der Waals surface area contributed by atoms with Crippen molar-refractivity contribution in [3.8, 4) is 11.5 Å². The monoisotopic (exact) mass is 368 g/mol. The molecule has 0 bridgehead atoms. The van der Waals surface area contributed by atoms with Gasteiger partial charge in [0.05, 0.1) is 16.7 Å². The Morgan fingerprint density at radius 3 is 3.04 bits per heavy atom. The van der Waals surface area contributed by atoms with Gasteiger partial charge in [0.25, 0.3) is 0 Å². The highest BCUT2D eigenvalue weighted by Crippen LogP contribution is 2.36. The van der Waals surface area contributed by atoms with E-state index in [1.54, 1.807) is 11.3 Å². The maximum Gasteiger partial charge on any atom is 0.231 e. The molecule has 2 aliphatic rings. The molecular formula is C16H21ClN4O2S. The van der Waals surface area contributed by atoms with E-state index in [1.807, 2.05) is 13.0 Å². The normalized spacial score (nSPS) is 21.7. The molecule has 3 heterocycles. The molecule has 2 unspecified atom stereocenters. The molecule has 1 saturated heterocycles. The van der Waals surface area contributed by atoms with E-state index in [0.717, 1.165) is 41.8 Å². The van der Waals surface area contributed by atoms with E-state index in [-0.39, 0.29) is 18.4 Å². The number of hydrogen-bond acceptors (Lipinski definition) is 7. The third-order valence-corrected chi connectivity index (χ3v) is 5.05. The summed E-state index contributed by atoms with van der Waals surface area (Å²) in [5, 5.41) is 6.75. The molecule has 0 saturated carbocycles. The SMILES string of the molecule is Cc1nc(CNCC2CNNC2c2ccc3c(c2)OCO3)cs1.Cl. The van der Waals surface area contributed by atoms with Crippen molar-refractivity contribution in [3.63, 3.8) is 0 Å². The Balaban J connectivity index is 0.00000169. The number of aryl methyl sites for hydroxylation is 1. The molecule has 130 valence electrons. The van der Waals surface area contributed by atoms with Gasteiger partial charge in [0, 0.05) is 30.9 Å². The van der Waals surface area contributed by atoms with E-state index in [1.165, 1.54) is 5.56 Å². The molecule has 0 spiro atoms. The van der Waals surface area contributed by atoms with Gasteiger partial charge in [-0.3, -0.25) is 5.43 Å². The van der Waals surface area contributed by atoms with E-state index in [4.69, 9.17) is 9.47 Å². The number of benzene rings is 1. The summed E-state index contributed by atoms with van der Waals surface area (Å²) in [4.78, 5) is 4.49. The van der Waals surface area contributed by atoms with Crippen LogP contribution in [0.15, 0.2) is 23.6 Å². The van der Waals surface area contributed by atoms with E-state index in [0.29, 0.717) is 12.7 Å². The van der Waals surface area contributed by atoms with Crippen LogP contribution in [0.3, 0.4) is 0 Å². The van der Waals surface area contributed by atoms with Gasteiger partial charge in [0.2, 0.25) is 6.79 Å². The molecule has 6 nitrogen and oxygen atoms in total. The number of hydrazine groups is 1. The van der Waals surface area contributed by atoms with Crippen LogP contribution in [0.4, 0.5) is 0 Å². The van der Waals surface area contributed by atoms with Crippen molar-refractivity contribution in [2.75, 3.05) is 19.9 Å². The molecule has 0 aliphatic carbocycles. The second-order valence-corrected chi connectivity index (χ2v) is 6.93. The van der Waals surface area contributed by atoms with Gasteiger partial charge >= 0.3 is 0 Å². The summed E-state index contributed by atoms with van der Waals surface area (Å²) in [6.45, 7) is 5.02. The molecule has 0 radical (unpaired) electrons. The minimum atomic E-state index is 0. The number of nitrogens with zero attached hydrogens (tertiary/aromatic N) is 1. The smallest absolute Gasteiger partial charge is 0.231 e. The zero-order valence-corrected chi connectivity index (χ0v) is 15.0. The van der Waals surface area contributed by atoms with E-state index >= 15 is 0 Å². The molecule has 3 N–H and O–H groups in total. The number of aromatic nitrogens is 1. The lowest BCUT2D eigenvalue weighted by Crippen LogP contribution is -2.28. The third kappa shape index (κ3) is 3.65. The zero-order valence-electron chi connectivity index (χ0n) is 13.4. The quantitative estimate of drug-likeness (QED) is 0.751. The summed E-state index contributed by atoms with van der Waals surface area (Å²) >= 11 is 1.69. The molecular weight excluding hydrogens is 348 g/mol. The van der Waals surface area contributed by atoms with Crippen molar-refractivity contribution in [1.29, 1.82) is 0 Å². The number of thiazole rings is 1. The summed E-state index contributed by atoms with van der Waals surface area (Å²) < 4.78 is 10.9. The lowest BCUT2D eigenvalue weighted by atomic mass is 9.94. The number of hydrogen-bond donors (Lipinski definition) is 3. The number of rotatable bonds is 5. The highest BCUT2D eigenvalue weighted by atomic mass is 35.5. The molecule has 8 heteroatoms. The van der Waals surface area contributed by atoms with Crippen LogP contribution in [0.2, 0.25) is 0 Å². The van der Waals surface area contributed by atoms with Crippen molar-refractivity contribution >= 4 is 23.7 Å². The molecule has 2 atom stereocenters. The molecule has 2 aliphatic heterocycles. The zero-order chi connectivity index (χ0) is 15.6. The molecule has 1 aromatic heterocycles. The third-order valence-electron chi connectivity index (χ3n) is 4.23. The molecule has 0 amide bonds. The number of fused-ring (bicyclic) bond motifs is 1. The average molecular weight is 369 g/mol. The maximum atomic E-state index is 5.48. The first-order chi connectivity index (χ1) is 11.3. The van der Waals surface area contributed by atoms with Crippen molar-refractivity contribution in [2.24, 2.45) is 5.92 Å². The van der Waals surface area contributed by atoms with Gasteiger partial charge in [0.15, 0.2) is 11.5 Å². The predicted molar refractivity (Wildman–Crippen MR) is 95.7 cm³/mol. The maximum absolute atomic E-state index is 5.48. The van der Waals surface area contributed by atoms with Crippen LogP contribution in [0.5, 0.6) is 11.5 Å². The Bertz CT molecular complexity index is 696. The van der Waals surface area contributed by atoms with Crippen molar-refractivity contribution in [2.45, 2.75) is 19.5 Å². The van der Waals surface area contributed by atoms with Gasteiger partial charge in [-0.15, -0.1) is 23.7 Å². The van der Waals surface area contributed by atoms with Crippen molar-refractivity contribution in [3.05, 3.63) is 39.8 Å². The Morgan fingerprint density at radius 1 is 1.33 bits per heavy atom. The summed E-state index contributed by atoms with van der Waals surface area (Å²) in [6, 6.07) is 6.42. The van der Waals surface area contributed by atoms with E-state index in [9.17, 15) is 0 Å². The fourth-order valence-electron chi connectivity index (χ4n) is 3.06. The van der Waals surface area contributed by atoms with Crippen LogP contribution < -0.4 is 25.6 Å². The largest absolute Gasteiger partial charge is 0.454 e. The summed E-state index contributed by atoms with van der Waals surface area (Å²) in [6.07, 6.45) is 0. The second kappa shape index (κ2) is 7.67. The van der Waals surface area contributed by atoms with Gasteiger partial charge in [-0.05, 0) is 24.6 Å². The van der Waals surface area contributed by atoms with E-state index in [2.05, 4.69) is 38.7 Å². The minimum Gasteiger partial charge on any atom is -0.454 e. The number of nitrogens with one attached hydrogen (secondary N) is 3. The molecule has 1 fully saturated rings. The molecule has 24 heavy (non-hydrogen) atoms. The first-order valence-corrected chi connectivity index (χ1v) is 8.67. The lowest BCUT2D eigenvalue weighted by molar-refractivity contribution is 0.174. The summed E-state index contributed by atoms with van der Waals surface area (Å²) in [7, 11) is 0. The van der Waals surface area contributed by atoms with E-state index < -0.39 is 0 Å². The number of ether oxygens (including phenoxy) is 2. The summed E-state index contributed by atoms with van der Waals surface area (Å²) in [5.74, 6) is 2.13. The van der Waals surface area contributed by atoms with Gasteiger partial charge in [0.1, 0.15) is 0 Å². The van der Waals surface area contributed by atoms with Crippen LogP contribution in [0, 0.1) is 12.8 Å². The van der Waals surface area contributed by atoms with Crippen LogP contribution in [0.1, 0.15) is 22.3 Å². The van der Waals surface area contributed by atoms with Crippen molar-refractivity contribution < 1.29 is 9.47 Å². The topological polar surface area (TPSA) is 67.4 Å². The molecule has 4 rings (SSSR count). The second-order valence-electron chi connectivity index (χ2n) is 5.86. The predicted octanol–water partition coefficient (Wildman–Crippen LogP) is 2.16. The van der Waals surface area contributed by atoms with Gasteiger partial charge in [-0.1, -0.05) is 6.07 Å². The highest BCUT2D eigenvalue weighted by Gasteiger charge is 2.29. The van der Waals surface area contributed by atoms with Crippen LogP contribution >= 0.6 is 23.7 Å².